The van der Waals surface area contributed by atoms with Crippen LogP contribution < -0.4 is 4.74 Å². The normalized spacial score (nSPS) is 15.6. The molecule has 0 N–H and O–H groups in total. The molecule has 26 heavy (non-hydrogen) atoms. The Kier molecular flexibility index (Phi) is 5.96. The van der Waals surface area contributed by atoms with E-state index in [9.17, 15) is 13.2 Å². The number of carbonyl (C=O) groups excluding carboxylic acids is 1. The zero-order valence-corrected chi connectivity index (χ0v) is 15.8. The predicted molar refractivity (Wildman–Crippen MR) is 100 cm³/mol. The Morgan fingerprint density at radius 3 is 2.31 bits per heavy atom. The van der Waals surface area contributed by atoms with Gasteiger partial charge in [-0.15, -0.1) is 0 Å². The first-order chi connectivity index (χ1) is 12.5. The van der Waals surface area contributed by atoms with Gasteiger partial charge in [0.2, 0.25) is 10.0 Å². The first kappa shape index (κ1) is 18.9. The number of piperidine rings is 1. The Hall–Kier alpha value is -1.89. The third-order valence-electron chi connectivity index (χ3n) is 4.32. The lowest BCUT2D eigenvalue weighted by Gasteiger charge is -2.25. The lowest BCUT2D eigenvalue weighted by Crippen LogP contribution is -2.35. The molecule has 5 nitrogen and oxygen atoms in total. The number of para-hydroxylation sites is 1. The van der Waals surface area contributed by atoms with Gasteiger partial charge in [-0.1, -0.05) is 30.2 Å². The van der Waals surface area contributed by atoms with Crippen molar-refractivity contribution >= 4 is 27.4 Å². The van der Waals surface area contributed by atoms with Crippen LogP contribution in [0.4, 0.5) is 0 Å². The van der Waals surface area contributed by atoms with Gasteiger partial charge in [-0.2, -0.15) is 4.31 Å². The molecule has 2 aromatic carbocycles. The fraction of sp³-hybridized carbons (Fsp3) is 0.316. The van der Waals surface area contributed by atoms with Crippen molar-refractivity contribution in [3.8, 4) is 5.75 Å². The molecular weight excluding hydrogens is 374 g/mol. The average Bonchev–Trinajstić information content (AvgIpc) is 2.68. The minimum atomic E-state index is -3.49. The zero-order chi connectivity index (χ0) is 18.6. The summed E-state index contributed by atoms with van der Waals surface area (Å²) in [5.74, 6) is 0.193. The van der Waals surface area contributed by atoms with Gasteiger partial charge in [0.25, 0.3) is 0 Å². The summed E-state index contributed by atoms with van der Waals surface area (Å²) in [5.41, 5.74) is 0.398. The van der Waals surface area contributed by atoms with Gasteiger partial charge in [-0.3, -0.25) is 4.79 Å². The molecule has 1 fully saturated rings. The number of ketones is 1. The van der Waals surface area contributed by atoms with Crippen LogP contribution in [0.2, 0.25) is 5.02 Å². The van der Waals surface area contributed by atoms with E-state index in [0.29, 0.717) is 29.4 Å². The minimum Gasteiger partial charge on any atom is -0.484 e. The maximum atomic E-state index is 12.6. The van der Waals surface area contributed by atoms with Crippen molar-refractivity contribution in [3.63, 3.8) is 0 Å². The van der Waals surface area contributed by atoms with E-state index in [0.717, 1.165) is 19.3 Å². The molecule has 1 heterocycles. The van der Waals surface area contributed by atoms with Gasteiger partial charge in [-0.25, -0.2) is 8.42 Å². The Balaban J connectivity index is 1.67. The van der Waals surface area contributed by atoms with Crippen LogP contribution in [-0.2, 0) is 10.0 Å². The second kappa shape index (κ2) is 8.20. The number of sulfonamides is 1. The monoisotopic (exact) mass is 393 g/mol. The molecular formula is C19H20ClNO4S. The van der Waals surface area contributed by atoms with Gasteiger partial charge in [0, 0.05) is 18.7 Å². The Morgan fingerprint density at radius 2 is 1.65 bits per heavy atom. The number of hydrogen-bond acceptors (Lipinski definition) is 4. The molecule has 0 saturated carbocycles. The summed E-state index contributed by atoms with van der Waals surface area (Å²) >= 11 is 5.99. The number of carbonyl (C=O) groups is 1. The van der Waals surface area contributed by atoms with Gasteiger partial charge < -0.3 is 4.74 Å². The highest BCUT2D eigenvalue weighted by molar-refractivity contribution is 7.89. The van der Waals surface area contributed by atoms with E-state index in [1.54, 1.807) is 24.3 Å². The molecule has 138 valence electrons. The van der Waals surface area contributed by atoms with Crippen LogP contribution >= 0.6 is 11.6 Å². The number of Topliss-reactive ketones (excluding diaryl/α,β-unsaturated/α-hetero) is 1. The molecule has 3 rings (SSSR count). The summed E-state index contributed by atoms with van der Waals surface area (Å²) in [4.78, 5) is 12.5. The Morgan fingerprint density at radius 1 is 1.00 bits per heavy atom. The van der Waals surface area contributed by atoms with E-state index in [2.05, 4.69) is 0 Å². The van der Waals surface area contributed by atoms with Gasteiger partial charge in [0.15, 0.2) is 12.4 Å². The van der Waals surface area contributed by atoms with Crippen LogP contribution in [-0.4, -0.2) is 38.2 Å². The molecule has 7 heteroatoms. The summed E-state index contributed by atoms with van der Waals surface area (Å²) < 4.78 is 32.2. The SMILES string of the molecule is O=C(COc1ccccc1Cl)c1ccc(S(=O)(=O)N2CCCCC2)cc1. The lowest BCUT2D eigenvalue weighted by atomic mass is 10.1. The van der Waals surface area contributed by atoms with E-state index in [1.807, 2.05) is 0 Å². The highest BCUT2D eigenvalue weighted by Gasteiger charge is 2.25. The van der Waals surface area contributed by atoms with Gasteiger partial charge in [0.1, 0.15) is 5.75 Å². The molecule has 0 unspecified atom stereocenters. The standard InChI is InChI=1S/C19H20ClNO4S/c20-17-6-2-3-7-19(17)25-14-18(22)15-8-10-16(11-9-15)26(23,24)21-12-4-1-5-13-21/h2-3,6-11H,1,4-5,12-14H2. The van der Waals surface area contributed by atoms with Crippen molar-refractivity contribution in [2.24, 2.45) is 0 Å². The smallest absolute Gasteiger partial charge is 0.243 e. The van der Waals surface area contributed by atoms with Crippen molar-refractivity contribution in [1.29, 1.82) is 0 Å². The number of benzene rings is 2. The molecule has 0 aliphatic carbocycles. The molecule has 0 aromatic heterocycles. The first-order valence-corrected chi connectivity index (χ1v) is 10.3. The molecule has 0 bridgehead atoms. The summed E-state index contributed by atoms with van der Waals surface area (Å²) in [5, 5.41) is 0.434. The van der Waals surface area contributed by atoms with E-state index >= 15 is 0 Å². The number of nitrogens with zero attached hydrogens (tertiary/aromatic N) is 1. The molecule has 0 amide bonds. The topological polar surface area (TPSA) is 63.7 Å². The van der Waals surface area contributed by atoms with Crippen LogP contribution in [0.3, 0.4) is 0 Å². The largest absolute Gasteiger partial charge is 0.484 e. The van der Waals surface area contributed by atoms with E-state index in [4.69, 9.17) is 16.3 Å². The Labute approximate surface area is 158 Å². The number of hydrogen-bond donors (Lipinski definition) is 0. The van der Waals surface area contributed by atoms with Gasteiger partial charge >= 0.3 is 0 Å². The molecule has 2 aromatic rings. The number of ether oxygens (including phenoxy) is 1. The maximum Gasteiger partial charge on any atom is 0.243 e. The van der Waals surface area contributed by atoms with Crippen LogP contribution in [0.15, 0.2) is 53.4 Å². The molecule has 1 aliphatic heterocycles. The summed E-state index contributed by atoms with van der Waals surface area (Å²) in [6, 6.07) is 12.9. The summed E-state index contributed by atoms with van der Waals surface area (Å²) in [7, 11) is -3.49. The predicted octanol–water partition coefficient (Wildman–Crippen LogP) is 3.78. The fourth-order valence-corrected chi connectivity index (χ4v) is 4.56. The average molecular weight is 394 g/mol. The zero-order valence-electron chi connectivity index (χ0n) is 14.2. The maximum absolute atomic E-state index is 12.6. The second-order valence-corrected chi connectivity index (χ2v) is 8.48. The van der Waals surface area contributed by atoms with Gasteiger partial charge in [-0.05, 0) is 49.2 Å². The first-order valence-electron chi connectivity index (χ1n) is 8.49. The number of halogens is 1. The van der Waals surface area contributed by atoms with Crippen molar-refractivity contribution < 1.29 is 17.9 Å². The van der Waals surface area contributed by atoms with Crippen molar-refractivity contribution in [2.75, 3.05) is 19.7 Å². The van der Waals surface area contributed by atoms with Crippen LogP contribution in [0, 0.1) is 0 Å². The fourth-order valence-electron chi connectivity index (χ4n) is 2.86. The van der Waals surface area contributed by atoms with E-state index < -0.39 is 10.0 Å². The van der Waals surface area contributed by atoms with E-state index in [-0.39, 0.29) is 17.3 Å². The Bertz CT molecular complexity index is 875. The van der Waals surface area contributed by atoms with E-state index in [1.165, 1.54) is 28.6 Å². The molecule has 1 saturated heterocycles. The van der Waals surface area contributed by atoms with Crippen molar-refractivity contribution in [2.45, 2.75) is 24.2 Å². The third kappa shape index (κ3) is 4.26. The quantitative estimate of drug-likeness (QED) is 0.700. The molecule has 0 atom stereocenters. The minimum absolute atomic E-state index is 0.165. The lowest BCUT2D eigenvalue weighted by molar-refractivity contribution is 0.0921. The summed E-state index contributed by atoms with van der Waals surface area (Å²) in [6.45, 7) is 0.936. The van der Waals surface area contributed by atoms with Gasteiger partial charge in [0.05, 0.1) is 9.92 Å². The second-order valence-electron chi connectivity index (χ2n) is 6.13. The molecule has 0 spiro atoms. The molecule has 1 aliphatic rings. The highest BCUT2D eigenvalue weighted by atomic mass is 35.5. The number of rotatable bonds is 6. The van der Waals surface area contributed by atoms with Crippen LogP contribution in [0.5, 0.6) is 5.75 Å². The van der Waals surface area contributed by atoms with Crippen molar-refractivity contribution in [3.05, 3.63) is 59.1 Å². The highest BCUT2D eigenvalue weighted by Crippen LogP contribution is 2.24. The summed E-state index contributed by atoms with van der Waals surface area (Å²) in [6.07, 6.45) is 2.83. The molecule has 0 radical (unpaired) electrons. The van der Waals surface area contributed by atoms with Crippen molar-refractivity contribution in [1.82, 2.24) is 4.31 Å². The third-order valence-corrected chi connectivity index (χ3v) is 6.55. The van der Waals surface area contributed by atoms with Crippen LogP contribution in [0.25, 0.3) is 0 Å². The van der Waals surface area contributed by atoms with Crippen LogP contribution in [0.1, 0.15) is 29.6 Å².